The number of hydrogen-bond acceptors (Lipinski definition) is 7. The van der Waals surface area contributed by atoms with Gasteiger partial charge in [0, 0.05) is 11.8 Å². The van der Waals surface area contributed by atoms with Crippen molar-refractivity contribution in [3.8, 4) is 5.75 Å². The molecule has 0 atom stereocenters. The van der Waals surface area contributed by atoms with E-state index in [1.807, 2.05) is 31.2 Å². The highest BCUT2D eigenvalue weighted by atomic mass is 32.1. The normalized spacial score (nSPS) is 10.4. The minimum Gasteiger partial charge on any atom is -0.497 e. The fourth-order valence-corrected chi connectivity index (χ4v) is 3.05. The van der Waals surface area contributed by atoms with Crippen molar-refractivity contribution in [2.45, 2.75) is 20.0 Å². The van der Waals surface area contributed by atoms with Gasteiger partial charge in [-0.05, 0) is 36.2 Å². The van der Waals surface area contributed by atoms with Gasteiger partial charge in [-0.15, -0.1) is 10.2 Å². The number of nitrogens with zero attached hydrogens (tertiary/aromatic N) is 2. The molecule has 3 rings (SSSR count). The number of carbonyl (C=O) groups is 2. The molecular formula is C20H18FN3O4S. The van der Waals surface area contributed by atoms with E-state index < -0.39 is 17.7 Å². The van der Waals surface area contributed by atoms with Gasteiger partial charge in [-0.1, -0.05) is 30.4 Å². The third kappa shape index (κ3) is 5.14. The van der Waals surface area contributed by atoms with Crippen molar-refractivity contribution < 1.29 is 23.5 Å². The van der Waals surface area contributed by atoms with Crippen LogP contribution in [0.1, 0.15) is 37.7 Å². The van der Waals surface area contributed by atoms with Crippen molar-refractivity contribution in [2.75, 3.05) is 12.4 Å². The van der Waals surface area contributed by atoms with Gasteiger partial charge in [-0.2, -0.15) is 0 Å². The summed E-state index contributed by atoms with van der Waals surface area (Å²) in [5.41, 5.74) is 1.59. The molecule has 1 amide bonds. The van der Waals surface area contributed by atoms with Crippen LogP contribution in [-0.2, 0) is 17.8 Å². The van der Waals surface area contributed by atoms with Gasteiger partial charge in [0.1, 0.15) is 18.2 Å². The molecule has 0 aliphatic carbocycles. The Morgan fingerprint density at radius 1 is 1.14 bits per heavy atom. The molecule has 150 valence electrons. The van der Waals surface area contributed by atoms with Gasteiger partial charge in [0.2, 0.25) is 5.01 Å². The molecule has 7 nitrogen and oxygen atoms in total. The Balaban J connectivity index is 1.58. The first kappa shape index (κ1) is 20.4. The van der Waals surface area contributed by atoms with Crippen LogP contribution in [0.15, 0.2) is 42.5 Å². The van der Waals surface area contributed by atoms with Crippen LogP contribution in [0.3, 0.4) is 0 Å². The molecule has 9 heteroatoms. The van der Waals surface area contributed by atoms with E-state index >= 15 is 0 Å². The monoisotopic (exact) mass is 415 g/mol. The van der Waals surface area contributed by atoms with Gasteiger partial charge in [-0.25, -0.2) is 9.18 Å². The zero-order valence-corrected chi connectivity index (χ0v) is 16.6. The fourth-order valence-electron chi connectivity index (χ4n) is 2.41. The van der Waals surface area contributed by atoms with Crippen molar-refractivity contribution in [1.29, 1.82) is 0 Å². The van der Waals surface area contributed by atoms with Crippen LogP contribution in [0, 0.1) is 5.82 Å². The second kappa shape index (κ2) is 9.24. The van der Waals surface area contributed by atoms with Crippen LogP contribution in [0.4, 0.5) is 10.1 Å². The van der Waals surface area contributed by atoms with E-state index in [0.717, 1.165) is 29.4 Å². The maximum absolute atomic E-state index is 13.9. The number of carbonyl (C=O) groups excluding carboxylic acids is 2. The molecule has 1 N–H and O–H groups in total. The molecule has 0 spiro atoms. The third-order valence-electron chi connectivity index (χ3n) is 4.00. The predicted octanol–water partition coefficient (Wildman–Crippen LogP) is 3.86. The first-order valence-electron chi connectivity index (χ1n) is 8.73. The summed E-state index contributed by atoms with van der Waals surface area (Å²) >= 11 is 0.990. The molecular weight excluding hydrogens is 397 g/mol. The minimum absolute atomic E-state index is 0.131. The van der Waals surface area contributed by atoms with Crippen molar-refractivity contribution in [2.24, 2.45) is 0 Å². The summed E-state index contributed by atoms with van der Waals surface area (Å²) < 4.78 is 23.9. The molecule has 1 aromatic heterocycles. The number of esters is 1. The number of methoxy groups -OCH3 is 1. The summed E-state index contributed by atoms with van der Waals surface area (Å²) in [6, 6.07) is 11.3. The summed E-state index contributed by atoms with van der Waals surface area (Å²) in [6.07, 6.45) is 0.910. The van der Waals surface area contributed by atoms with Gasteiger partial charge < -0.3 is 14.8 Å². The van der Waals surface area contributed by atoms with E-state index in [1.54, 1.807) is 0 Å². The van der Waals surface area contributed by atoms with E-state index in [0.29, 0.717) is 16.4 Å². The van der Waals surface area contributed by atoms with Crippen LogP contribution in [0.25, 0.3) is 0 Å². The summed E-state index contributed by atoms with van der Waals surface area (Å²) in [5, 5.41) is 10.8. The zero-order valence-electron chi connectivity index (χ0n) is 15.8. The van der Waals surface area contributed by atoms with Crippen molar-refractivity contribution in [3.63, 3.8) is 0 Å². The number of hydrogen-bond donors (Lipinski definition) is 1. The van der Waals surface area contributed by atoms with Crippen molar-refractivity contribution >= 4 is 28.9 Å². The molecule has 29 heavy (non-hydrogen) atoms. The van der Waals surface area contributed by atoms with E-state index in [4.69, 9.17) is 9.47 Å². The number of anilines is 1. The topological polar surface area (TPSA) is 90.4 Å². The molecule has 3 aromatic rings. The summed E-state index contributed by atoms with van der Waals surface area (Å²) in [4.78, 5) is 24.3. The van der Waals surface area contributed by atoms with Gasteiger partial charge in [0.05, 0.1) is 12.7 Å². The van der Waals surface area contributed by atoms with Crippen LogP contribution < -0.4 is 10.1 Å². The lowest BCUT2D eigenvalue weighted by atomic mass is 10.1. The van der Waals surface area contributed by atoms with Gasteiger partial charge in [0.25, 0.3) is 5.91 Å². The first-order chi connectivity index (χ1) is 14.0. The second-order valence-electron chi connectivity index (χ2n) is 5.93. The number of rotatable bonds is 7. The largest absolute Gasteiger partial charge is 0.497 e. The Labute approximate surface area is 170 Å². The lowest BCUT2D eigenvalue weighted by molar-refractivity contribution is 0.0466. The van der Waals surface area contributed by atoms with Gasteiger partial charge >= 0.3 is 5.97 Å². The van der Waals surface area contributed by atoms with Crippen LogP contribution in [0.5, 0.6) is 5.75 Å². The molecule has 2 aromatic carbocycles. The average Bonchev–Trinajstić information content (AvgIpc) is 3.21. The van der Waals surface area contributed by atoms with Gasteiger partial charge in [-0.3, -0.25) is 4.79 Å². The first-order valence-corrected chi connectivity index (χ1v) is 9.55. The molecule has 0 bridgehead atoms. The van der Waals surface area contributed by atoms with E-state index in [9.17, 15) is 14.0 Å². The summed E-state index contributed by atoms with van der Waals surface area (Å²) in [6.45, 7) is 1.83. The van der Waals surface area contributed by atoms with Crippen LogP contribution in [0.2, 0.25) is 0 Å². The van der Waals surface area contributed by atoms with E-state index in [-0.39, 0.29) is 17.2 Å². The number of amides is 1. The Hall–Kier alpha value is -3.33. The van der Waals surface area contributed by atoms with E-state index in [2.05, 4.69) is 15.5 Å². The maximum Gasteiger partial charge on any atom is 0.341 e. The SMILES string of the molecule is CCc1ccc(NC(=O)c2nnc(COC(=O)c3ccc(OC)cc3F)s2)cc1. The standard InChI is InChI=1S/C20H18FN3O4S/c1-3-12-4-6-13(7-5-12)22-18(25)19-24-23-17(29-19)11-28-20(26)15-9-8-14(27-2)10-16(15)21/h4-10H,3,11H2,1-2H3,(H,22,25). The highest BCUT2D eigenvalue weighted by Crippen LogP contribution is 2.19. The summed E-state index contributed by atoms with van der Waals surface area (Å²) in [5.74, 6) is -1.71. The van der Waals surface area contributed by atoms with Crippen LogP contribution >= 0.6 is 11.3 Å². The van der Waals surface area contributed by atoms with Crippen molar-refractivity contribution in [3.05, 3.63) is 69.4 Å². The Bertz CT molecular complexity index is 1020. The number of nitrogens with one attached hydrogen (secondary N) is 1. The van der Waals surface area contributed by atoms with Crippen molar-refractivity contribution in [1.82, 2.24) is 10.2 Å². The molecule has 0 saturated heterocycles. The average molecular weight is 415 g/mol. The smallest absolute Gasteiger partial charge is 0.341 e. The highest BCUT2D eigenvalue weighted by Gasteiger charge is 2.17. The molecule has 0 aliphatic heterocycles. The molecule has 0 unspecified atom stereocenters. The molecule has 0 radical (unpaired) electrons. The number of ether oxygens (including phenoxy) is 2. The Morgan fingerprint density at radius 2 is 1.90 bits per heavy atom. The molecule has 1 heterocycles. The molecule has 0 saturated carbocycles. The fraction of sp³-hybridized carbons (Fsp3) is 0.200. The van der Waals surface area contributed by atoms with E-state index in [1.165, 1.54) is 19.2 Å². The highest BCUT2D eigenvalue weighted by molar-refractivity contribution is 7.13. The lowest BCUT2D eigenvalue weighted by Crippen LogP contribution is -2.11. The zero-order chi connectivity index (χ0) is 20.8. The Morgan fingerprint density at radius 3 is 2.55 bits per heavy atom. The predicted molar refractivity (Wildman–Crippen MR) is 106 cm³/mol. The van der Waals surface area contributed by atoms with Gasteiger partial charge in [0.15, 0.2) is 5.01 Å². The third-order valence-corrected chi connectivity index (χ3v) is 4.90. The number of aromatic nitrogens is 2. The van der Waals surface area contributed by atoms with Crippen LogP contribution in [-0.4, -0.2) is 29.2 Å². The minimum atomic E-state index is -0.845. The lowest BCUT2D eigenvalue weighted by Gasteiger charge is -2.05. The number of benzene rings is 2. The Kier molecular flexibility index (Phi) is 6.50. The molecule has 0 aliphatic rings. The molecule has 0 fully saturated rings. The maximum atomic E-state index is 13.9. The summed E-state index contributed by atoms with van der Waals surface area (Å²) in [7, 11) is 1.40. The number of halogens is 1. The quantitative estimate of drug-likeness (QED) is 0.590. The second-order valence-corrected chi connectivity index (χ2v) is 6.99. The number of aryl methyl sites for hydroxylation is 1.